The molecule has 1 aliphatic heterocycles. The van der Waals surface area contributed by atoms with E-state index in [2.05, 4.69) is 16.8 Å². The fraction of sp³-hybridized carbons (Fsp3) is 0.467. The van der Waals surface area contributed by atoms with Gasteiger partial charge in [-0.25, -0.2) is 0 Å². The summed E-state index contributed by atoms with van der Waals surface area (Å²) < 4.78 is 13.0. The zero-order chi connectivity index (χ0) is 26.9. The van der Waals surface area contributed by atoms with E-state index in [1.165, 1.54) is 25.7 Å². The molecule has 0 spiro atoms. The van der Waals surface area contributed by atoms with Crippen molar-refractivity contribution in [2.45, 2.75) is 76.1 Å². The van der Waals surface area contributed by atoms with Crippen molar-refractivity contribution in [1.82, 2.24) is 4.90 Å². The van der Waals surface area contributed by atoms with Crippen molar-refractivity contribution in [3.05, 3.63) is 77.9 Å². The third-order valence-corrected chi connectivity index (χ3v) is 7.27. The second kappa shape index (κ2) is 13.7. The lowest BCUT2D eigenvalue weighted by Crippen LogP contribution is -2.43. The van der Waals surface area contributed by atoms with Crippen LogP contribution in [-0.2, 0) is 25.7 Å². The van der Waals surface area contributed by atoms with Crippen LogP contribution in [0.15, 0.2) is 61.2 Å². The summed E-state index contributed by atoms with van der Waals surface area (Å²) in [7, 11) is 0. The number of carbonyl (C=O) groups excluding carboxylic acids is 1. The molecule has 2 aliphatic rings. The number of anilines is 1. The van der Waals surface area contributed by atoms with Crippen LogP contribution < -0.4 is 5.32 Å². The average molecular weight is 523 g/mol. The predicted molar refractivity (Wildman–Crippen MR) is 144 cm³/mol. The molecule has 1 aliphatic carbocycles. The molecule has 0 bridgehead atoms. The largest absolute Gasteiger partial charge is 0.481 e. The fourth-order valence-electron chi connectivity index (χ4n) is 5.31. The second-order valence-electron chi connectivity index (χ2n) is 10.1. The first-order valence-electron chi connectivity index (χ1n) is 13.4. The number of nitrogens with zero attached hydrogens (tertiary/aromatic N) is 1. The summed E-state index contributed by atoms with van der Waals surface area (Å²) in [5.74, 6) is -1.36. The van der Waals surface area contributed by atoms with E-state index in [-0.39, 0.29) is 37.6 Å². The summed E-state index contributed by atoms with van der Waals surface area (Å²) in [4.78, 5) is 25.5. The SMILES string of the molecule is C=CCN(C[C@@H]1C[C@H](c2ccc(CO)cc2)O[C@H](c2cccc(NC(=O)CCC(=O)O)c2)O1)C1CCCC1. The fourth-order valence-corrected chi connectivity index (χ4v) is 5.31. The molecule has 1 heterocycles. The minimum absolute atomic E-state index is 0.0109. The highest BCUT2D eigenvalue weighted by Crippen LogP contribution is 2.39. The molecule has 1 amide bonds. The van der Waals surface area contributed by atoms with Crippen LogP contribution in [0.4, 0.5) is 5.69 Å². The van der Waals surface area contributed by atoms with E-state index in [1.54, 1.807) is 6.07 Å². The molecule has 0 aromatic heterocycles. The summed E-state index contributed by atoms with van der Waals surface area (Å²) in [6.45, 7) is 5.54. The van der Waals surface area contributed by atoms with Crippen LogP contribution in [0.3, 0.4) is 0 Å². The molecule has 2 aromatic rings. The highest BCUT2D eigenvalue weighted by molar-refractivity contribution is 5.92. The molecule has 3 atom stereocenters. The third-order valence-electron chi connectivity index (χ3n) is 7.27. The lowest BCUT2D eigenvalue weighted by Gasteiger charge is -2.39. The Hall–Kier alpha value is -3.04. The minimum Gasteiger partial charge on any atom is -0.481 e. The number of carbonyl (C=O) groups is 2. The third kappa shape index (κ3) is 7.74. The van der Waals surface area contributed by atoms with E-state index < -0.39 is 12.3 Å². The Labute approximate surface area is 224 Å². The lowest BCUT2D eigenvalue weighted by molar-refractivity contribution is -0.253. The first-order valence-corrected chi connectivity index (χ1v) is 13.4. The lowest BCUT2D eigenvalue weighted by atomic mass is 9.99. The van der Waals surface area contributed by atoms with Crippen LogP contribution in [0.2, 0.25) is 0 Å². The number of nitrogens with one attached hydrogen (secondary N) is 1. The number of hydrogen-bond acceptors (Lipinski definition) is 6. The maximum atomic E-state index is 12.2. The molecule has 0 radical (unpaired) electrons. The van der Waals surface area contributed by atoms with Crippen LogP contribution in [0.1, 0.15) is 74.0 Å². The van der Waals surface area contributed by atoms with Crippen LogP contribution in [0.5, 0.6) is 0 Å². The van der Waals surface area contributed by atoms with Gasteiger partial charge in [-0.15, -0.1) is 6.58 Å². The first kappa shape index (κ1) is 28.0. The van der Waals surface area contributed by atoms with Crippen LogP contribution in [0.25, 0.3) is 0 Å². The molecule has 1 saturated carbocycles. The van der Waals surface area contributed by atoms with Crippen molar-refractivity contribution in [2.24, 2.45) is 0 Å². The summed E-state index contributed by atoms with van der Waals surface area (Å²) in [5.41, 5.74) is 3.21. The predicted octanol–water partition coefficient (Wildman–Crippen LogP) is 4.96. The molecule has 8 heteroatoms. The smallest absolute Gasteiger partial charge is 0.303 e. The highest BCUT2D eigenvalue weighted by atomic mass is 16.7. The molecule has 1 saturated heterocycles. The van der Waals surface area contributed by atoms with Gasteiger partial charge in [0.25, 0.3) is 0 Å². The van der Waals surface area contributed by atoms with Crippen molar-refractivity contribution >= 4 is 17.6 Å². The molecule has 38 heavy (non-hydrogen) atoms. The molecular weight excluding hydrogens is 484 g/mol. The van der Waals surface area contributed by atoms with Crippen molar-refractivity contribution in [1.29, 1.82) is 0 Å². The number of carboxylic acids is 1. The molecular formula is C30H38N2O6. The molecule has 2 aromatic carbocycles. The zero-order valence-corrected chi connectivity index (χ0v) is 21.8. The number of hydrogen-bond donors (Lipinski definition) is 3. The van der Waals surface area contributed by atoms with Gasteiger partial charge in [0.2, 0.25) is 5.91 Å². The Morgan fingerprint density at radius 3 is 2.50 bits per heavy atom. The van der Waals surface area contributed by atoms with Gasteiger partial charge in [0, 0.05) is 43.2 Å². The monoisotopic (exact) mass is 522 g/mol. The molecule has 0 unspecified atom stereocenters. The van der Waals surface area contributed by atoms with Gasteiger partial charge < -0.3 is 25.0 Å². The van der Waals surface area contributed by atoms with E-state index in [9.17, 15) is 14.7 Å². The number of benzene rings is 2. The number of amides is 1. The van der Waals surface area contributed by atoms with Crippen LogP contribution in [-0.4, -0.2) is 52.2 Å². The van der Waals surface area contributed by atoms with Gasteiger partial charge in [-0.3, -0.25) is 14.5 Å². The van der Waals surface area contributed by atoms with Gasteiger partial charge >= 0.3 is 5.97 Å². The second-order valence-corrected chi connectivity index (χ2v) is 10.1. The maximum absolute atomic E-state index is 12.2. The molecule has 8 nitrogen and oxygen atoms in total. The van der Waals surface area contributed by atoms with Crippen molar-refractivity contribution in [2.75, 3.05) is 18.4 Å². The number of ether oxygens (including phenoxy) is 2. The standard InChI is InChI=1S/C30H38N2O6/c1-2-16-32(25-8-3-4-9-25)19-26-18-27(22-12-10-21(20-33)11-13-22)38-30(37-26)23-6-5-7-24(17-23)31-28(34)14-15-29(35)36/h2,5-7,10-13,17,25-27,30,33H,1,3-4,8-9,14-16,18-20H2,(H,31,34)(H,35,36)/t26-,27+,30+/m0/s1. The summed E-state index contributed by atoms with van der Waals surface area (Å²) in [6.07, 6.45) is 6.30. The van der Waals surface area contributed by atoms with E-state index >= 15 is 0 Å². The van der Waals surface area contributed by atoms with Crippen LogP contribution >= 0.6 is 0 Å². The van der Waals surface area contributed by atoms with E-state index in [0.717, 1.165) is 29.8 Å². The number of aliphatic hydroxyl groups is 1. The van der Waals surface area contributed by atoms with Gasteiger partial charge in [-0.2, -0.15) is 0 Å². The maximum Gasteiger partial charge on any atom is 0.303 e. The van der Waals surface area contributed by atoms with Gasteiger partial charge in [-0.05, 0) is 36.1 Å². The van der Waals surface area contributed by atoms with E-state index in [4.69, 9.17) is 14.6 Å². The van der Waals surface area contributed by atoms with E-state index in [1.807, 2.05) is 48.5 Å². The highest BCUT2D eigenvalue weighted by Gasteiger charge is 2.34. The molecule has 4 rings (SSSR count). The Morgan fingerprint density at radius 2 is 1.82 bits per heavy atom. The van der Waals surface area contributed by atoms with Crippen molar-refractivity contribution in [3.8, 4) is 0 Å². The first-order chi connectivity index (χ1) is 18.4. The summed E-state index contributed by atoms with van der Waals surface area (Å²) in [6, 6.07) is 15.7. The Morgan fingerprint density at radius 1 is 1.05 bits per heavy atom. The van der Waals surface area contributed by atoms with Crippen molar-refractivity contribution < 1.29 is 29.3 Å². The number of aliphatic hydroxyl groups excluding tert-OH is 1. The van der Waals surface area contributed by atoms with Crippen molar-refractivity contribution in [3.63, 3.8) is 0 Å². The van der Waals surface area contributed by atoms with Gasteiger partial charge in [0.15, 0.2) is 6.29 Å². The quantitative estimate of drug-likeness (QED) is 0.338. The Balaban J connectivity index is 1.53. The zero-order valence-electron chi connectivity index (χ0n) is 21.8. The Bertz CT molecular complexity index is 1080. The molecule has 204 valence electrons. The molecule has 2 fully saturated rings. The number of aliphatic carboxylic acids is 1. The number of carboxylic acid groups (broad SMARTS) is 1. The van der Waals surface area contributed by atoms with Gasteiger partial charge in [-0.1, -0.05) is 55.3 Å². The number of rotatable bonds is 12. The normalized spacial score (nSPS) is 21.9. The summed E-state index contributed by atoms with van der Waals surface area (Å²) in [5, 5.41) is 21.1. The summed E-state index contributed by atoms with van der Waals surface area (Å²) >= 11 is 0. The van der Waals surface area contributed by atoms with Gasteiger partial charge in [0.05, 0.1) is 25.2 Å². The Kier molecular flexibility index (Phi) is 10.1. The topological polar surface area (TPSA) is 108 Å². The minimum atomic E-state index is -1.01. The van der Waals surface area contributed by atoms with Gasteiger partial charge in [0.1, 0.15) is 0 Å². The van der Waals surface area contributed by atoms with E-state index in [0.29, 0.717) is 18.2 Å². The van der Waals surface area contributed by atoms with Crippen LogP contribution in [0, 0.1) is 0 Å². The average Bonchev–Trinajstić information content (AvgIpc) is 3.47. The molecule has 3 N–H and O–H groups in total.